The van der Waals surface area contributed by atoms with Crippen LogP contribution in [0.2, 0.25) is 0 Å². The molecule has 0 radical (unpaired) electrons. The van der Waals surface area contributed by atoms with Crippen molar-refractivity contribution in [3.8, 4) is 0 Å². The molecule has 1 aromatic rings. The van der Waals surface area contributed by atoms with Crippen molar-refractivity contribution in [3.63, 3.8) is 0 Å². The summed E-state index contributed by atoms with van der Waals surface area (Å²) in [6, 6.07) is 4.30. The van der Waals surface area contributed by atoms with Gasteiger partial charge in [-0.15, -0.1) is 0 Å². The summed E-state index contributed by atoms with van der Waals surface area (Å²) in [6.45, 7) is 4.95. The Hall–Kier alpha value is -1.29. The molecule has 106 valence electrons. The molecule has 2 rings (SSSR count). The summed E-state index contributed by atoms with van der Waals surface area (Å²) in [6.07, 6.45) is 5.25. The van der Waals surface area contributed by atoms with Crippen LogP contribution in [0.5, 0.6) is 0 Å². The minimum absolute atomic E-state index is 0.0551. The summed E-state index contributed by atoms with van der Waals surface area (Å²) in [7, 11) is 0. The molecule has 1 aromatic heterocycles. The average molecular weight is 264 g/mol. The SMILES string of the molecule is Cc1ccc(C(C)NC(=O)CCC2CCCCN2)o1. The maximum absolute atomic E-state index is 11.9. The molecule has 2 unspecified atom stereocenters. The summed E-state index contributed by atoms with van der Waals surface area (Å²) in [5.41, 5.74) is 0. The standard InChI is InChI=1S/C15H24N2O2/c1-11-6-8-14(19-11)12(2)17-15(18)9-7-13-5-3-4-10-16-13/h6,8,12-13,16H,3-5,7,9-10H2,1-2H3,(H,17,18). The fourth-order valence-corrected chi connectivity index (χ4v) is 2.55. The Morgan fingerprint density at radius 1 is 1.53 bits per heavy atom. The van der Waals surface area contributed by atoms with E-state index in [9.17, 15) is 4.79 Å². The minimum atomic E-state index is -0.0551. The second-order valence-corrected chi connectivity index (χ2v) is 5.42. The predicted octanol–water partition coefficient (Wildman–Crippen LogP) is 2.69. The van der Waals surface area contributed by atoms with Crippen LogP contribution in [-0.2, 0) is 4.79 Å². The van der Waals surface area contributed by atoms with Gasteiger partial charge in [-0.3, -0.25) is 4.79 Å². The molecular formula is C15H24N2O2. The lowest BCUT2D eigenvalue weighted by Crippen LogP contribution is -2.35. The monoisotopic (exact) mass is 264 g/mol. The molecule has 2 N–H and O–H groups in total. The molecule has 1 aliphatic rings. The maximum atomic E-state index is 11.9. The van der Waals surface area contributed by atoms with Crippen molar-refractivity contribution in [2.24, 2.45) is 0 Å². The van der Waals surface area contributed by atoms with E-state index >= 15 is 0 Å². The molecule has 2 heterocycles. The first-order chi connectivity index (χ1) is 9.15. The third-order valence-electron chi connectivity index (χ3n) is 3.70. The van der Waals surface area contributed by atoms with Gasteiger partial charge in [0.2, 0.25) is 5.91 Å². The fraction of sp³-hybridized carbons (Fsp3) is 0.667. The van der Waals surface area contributed by atoms with Crippen molar-refractivity contribution >= 4 is 5.91 Å². The molecule has 1 aliphatic heterocycles. The summed E-state index contributed by atoms with van der Waals surface area (Å²) >= 11 is 0. The summed E-state index contributed by atoms with van der Waals surface area (Å²) in [4.78, 5) is 11.9. The zero-order valence-corrected chi connectivity index (χ0v) is 11.9. The number of carbonyl (C=O) groups is 1. The Bertz CT molecular complexity index is 408. The third-order valence-corrected chi connectivity index (χ3v) is 3.70. The van der Waals surface area contributed by atoms with E-state index in [1.165, 1.54) is 19.3 Å². The minimum Gasteiger partial charge on any atom is -0.464 e. The molecule has 4 nitrogen and oxygen atoms in total. The molecule has 19 heavy (non-hydrogen) atoms. The van der Waals surface area contributed by atoms with E-state index in [1.54, 1.807) is 0 Å². The van der Waals surface area contributed by atoms with E-state index in [4.69, 9.17) is 4.42 Å². The van der Waals surface area contributed by atoms with Crippen LogP contribution in [0.1, 0.15) is 56.6 Å². The highest BCUT2D eigenvalue weighted by Crippen LogP contribution is 2.16. The normalized spacial score (nSPS) is 21.1. The van der Waals surface area contributed by atoms with Crippen LogP contribution in [0, 0.1) is 6.92 Å². The lowest BCUT2D eigenvalue weighted by Gasteiger charge is -2.23. The maximum Gasteiger partial charge on any atom is 0.220 e. The Morgan fingerprint density at radius 3 is 3.00 bits per heavy atom. The Kier molecular flexibility index (Phi) is 5.02. The number of amides is 1. The van der Waals surface area contributed by atoms with Crippen molar-refractivity contribution in [1.82, 2.24) is 10.6 Å². The van der Waals surface area contributed by atoms with Crippen molar-refractivity contribution in [1.29, 1.82) is 0 Å². The van der Waals surface area contributed by atoms with Gasteiger partial charge in [0, 0.05) is 12.5 Å². The van der Waals surface area contributed by atoms with E-state index in [2.05, 4.69) is 10.6 Å². The molecule has 0 aliphatic carbocycles. The number of hydrogen-bond acceptors (Lipinski definition) is 3. The summed E-state index contributed by atoms with van der Waals surface area (Å²) in [5, 5.41) is 6.45. The van der Waals surface area contributed by atoms with Gasteiger partial charge in [-0.1, -0.05) is 6.42 Å². The van der Waals surface area contributed by atoms with Gasteiger partial charge in [-0.25, -0.2) is 0 Å². The molecule has 0 spiro atoms. The van der Waals surface area contributed by atoms with Gasteiger partial charge < -0.3 is 15.1 Å². The van der Waals surface area contributed by atoms with Gasteiger partial charge >= 0.3 is 0 Å². The van der Waals surface area contributed by atoms with Gasteiger partial charge in [-0.2, -0.15) is 0 Å². The van der Waals surface area contributed by atoms with Gasteiger partial charge in [0.1, 0.15) is 11.5 Å². The largest absolute Gasteiger partial charge is 0.464 e. The molecular weight excluding hydrogens is 240 g/mol. The molecule has 1 saturated heterocycles. The van der Waals surface area contributed by atoms with Crippen LogP contribution in [-0.4, -0.2) is 18.5 Å². The Labute approximate surface area is 114 Å². The topological polar surface area (TPSA) is 54.3 Å². The summed E-state index contributed by atoms with van der Waals surface area (Å²) < 4.78 is 5.51. The first-order valence-electron chi connectivity index (χ1n) is 7.24. The van der Waals surface area contributed by atoms with E-state index < -0.39 is 0 Å². The van der Waals surface area contributed by atoms with Crippen LogP contribution >= 0.6 is 0 Å². The average Bonchev–Trinajstić information content (AvgIpc) is 2.84. The van der Waals surface area contributed by atoms with Crippen molar-refractivity contribution in [2.75, 3.05) is 6.54 Å². The van der Waals surface area contributed by atoms with Crippen molar-refractivity contribution < 1.29 is 9.21 Å². The zero-order valence-electron chi connectivity index (χ0n) is 11.9. The third kappa shape index (κ3) is 4.39. The van der Waals surface area contributed by atoms with E-state index in [1.807, 2.05) is 26.0 Å². The molecule has 0 bridgehead atoms. The molecule has 0 aromatic carbocycles. The van der Waals surface area contributed by atoms with Gasteiger partial charge in [0.25, 0.3) is 0 Å². The van der Waals surface area contributed by atoms with E-state index in [0.717, 1.165) is 24.5 Å². The van der Waals surface area contributed by atoms with Crippen LogP contribution in [0.25, 0.3) is 0 Å². The quantitative estimate of drug-likeness (QED) is 0.859. The summed E-state index contributed by atoms with van der Waals surface area (Å²) in [5.74, 6) is 1.80. The second-order valence-electron chi connectivity index (χ2n) is 5.42. The molecule has 1 amide bonds. The molecule has 0 saturated carbocycles. The van der Waals surface area contributed by atoms with Gasteiger partial charge in [-0.05, 0) is 51.8 Å². The Morgan fingerprint density at radius 2 is 2.37 bits per heavy atom. The first-order valence-corrected chi connectivity index (χ1v) is 7.24. The first kappa shape index (κ1) is 14.1. The number of carbonyl (C=O) groups excluding carboxylic acids is 1. The molecule has 1 fully saturated rings. The lowest BCUT2D eigenvalue weighted by atomic mass is 10.0. The number of furan rings is 1. The smallest absolute Gasteiger partial charge is 0.220 e. The molecule has 4 heteroatoms. The number of rotatable bonds is 5. The van der Waals surface area contributed by atoms with E-state index in [-0.39, 0.29) is 11.9 Å². The number of aryl methyl sites for hydroxylation is 1. The van der Waals surface area contributed by atoms with Crippen LogP contribution in [0.15, 0.2) is 16.5 Å². The fourth-order valence-electron chi connectivity index (χ4n) is 2.55. The number of hydrogen-bond donors (Lipinski definition) is 2. The highest BCUT2D eigenvalue weighted by atomic mass is 16.3. The lowest BCUT2D eigenvalue weighted by molar-refractivity contribution is -0.122. The highest BCUT2D eigenvalue weighted by Gasteiger charge is 2.16. The second kappa shape index (κ2) is 6.75. The van der Waals surface area contributed by atoms with E-state index in [0.29, 0.717) is 12.5 Å². The number of nitrogens with one attached hydrogen (secondary N) is 2. The zero-order chi connectivity index (χ0) is 13.7. The predicted molar refractivity (Wildman–Crippen MR) is 74.9 cm³/mol. The highest BCUT2D eigenvalue weighted by molar-refractivity contribution is 5.76. The number of piperidine rings is 1. The van der Waals surface area contributed by atoms with Crippen LogP contribution < -0.4 is 10.6 Å². The molecule has 2 atom stereocenters. The van der Waals surface area contributed by atoms with Crippen molar-refractivity contribution in [3.05, 3.63) is 23.7 Å². The van der Waals surface area contributed by atoms with Crippen LogP contribution in [0.3, 0.4) is 0 Å². The van der Waals surface area contributed by atoms with Crippen LogP contribution in [0.4, 0.5) is 0 Å². The van der Waals surface area contributed by atoms with Crippen molar-refractivity contribution in [2.45, 2.75) is 58.0 Å². The van der Waals surface area contributed by atoms with Gasteiger partial charge in [0.05, 0.1) is 6.04 Å². The Balaban J connectivity index is 1.71. The van der Waals surface area contributed by atoms with Gasteiger partial charge in [0.15, 0.2) is 0 Å².